The average molecular weight is 582 g/mol. The topological polar surface area (TPSA) is 113 Å². The fourth-order valence-corrected chi connectivity index (χ4v) is 5.53. The van der Waals surface area contributed by atoms with E-state index in [1.54, 1.807) is 55.5 Å². The summed E-state index contributed by atoms with van der Waals surface area (Å²) in [7, 11) is 0. The van der Waals surface area contributed by atoms with Gasteiger partial charge in [-0.3, -0.25) is 5.41 Å². The molecule has 4 rings (SSSR count). The summed E-state index contributed by atoms with van der Waals surface area (Å²) in [5.41, 5.74) is 0.928. The van der Waals surface area contributed by atoms with E-state index in [4.69, 9.17) is 33.8 Å². The molecule has 0 amide bonds. The molecule has 10 atom stereocenters. The molecule has 0 spiro atoms. The van der Waals surface area contributed by atoms with Crippen molar-refractivity contribution in [1.82, 2.24) is 0 Å². The molecule has 0 aliphatic carbocycles. The Morgan fingerprint density at radius 1 is 0.667 bits per heavy atom. The Morgan fingerprint density at radius 3 is 1.67 bits per heavy atom. The van der Waals surface area contributed by atoms with E-state index in [-0.39, 0.29) is 54.8 Å². The molecule has 1 N–H and O–H groups in total. The van der Waals surface area contributed by atoms with Crippen molar-refractivity contribution >= 4 is 17.8 Å². The van der Waals surface area contributed by atoms with E-state index in [1.807, 2.05) is 26.0 Å². The molecular formula is C33H43NO8. The minimum atomic E-state index is -0.688. The summed E-state index contributed by atoms with van der Waals surface area (Å²) in [4.78, 5) is 25.3. The Kier molecular flexibility index (Phi) is 10.8. The van der Waals surface area contributed by atoms with E-state index >= 15 is 0 Å². The highest BCUT2D eigenvalue weighted by Gasteiger charge is 2.48. The largest absolute Gasteiger partial charge is 0.459 e. The van der Waals surface area contributed by atoms with Crippen molar-refractivity contribution in [3.05, 3.63) is 71.8 Å². The predicted octanol–water partition coefficient (Wildman–Crippen LogP) is 5.73. The van der Waals surface area contributed by atoms with E-state index < -0.39 is 36.7 Å². The maximum Gasteiger partial charge on any atom is 0.338 e. The highest BCUT2D eigenvalue weighted by Crippen LogP contribution is 2.40. The molecule has 2 aliphatic heterocycles. The van der Waals surface area contributed by atoms with E-state index in [2.05, 4.69) is 20.8 Å². The maximum absolute atomic E-state index is 12.7. The van der Waals surface area contributed by atoms with Crippen molar-refractivity contribution in [2.45, 2.75) is 72.4 Å². The summed E-state index contributed by atoms with van der Waals surface area (Å²) in [5.74, 6) is -0.642. The van der Waals surface area contributed by atoms with Crippen molar-refractivity contribution < 1.29 is 38.0 Å². The first-order chi connectivity index (χ1) is 20.1. The molecule has 0 saturated carbocycles. The molecule has 2 heterocycles. The van der Waals surface area contributed by atoms with Gasteiger partial charge in [-0.1, -0.05) is 71.0 Å². The molecular weight excluding hydrogens is 538 g/mol. The number of benzene rings is 2. The molecule has 2 fully saturated rings. The first-order valence-corrected chi connectivity index (χ1v) is 14.7. The Balaban J connectivity index is 1.48. The van der Waals surface area contributed by atoms with Crippen LogP contribution in [0.15, 0.2) is 60.7 Å². The van der Waals surface area contributed by atoms with Crippen LogP contribution < -0.4 is 0 Å². The van der Waals surface area contributed by atoms with Gasteiger partial charge in [0.1, 0.15) is 19.3 Å². The third-order valence-corrected chi connectivity index (χ3v) is 8.80. The fraction of sp³-hybridized carbons (Fsp3) is 0.545. The van der Waals surface area contributed by atoms with Crippen LogP contribution in [0.2, 0.25) is 0 Å². The van der Waals surface area contributed by atoms with Crippen LogP contribution in [0, 0.1) is 35.0 Å². The number of carbonyl (C=O) groups excluding carboxylic acids is 2. The van der Waals surface area contributed by atoms with E-state index in [0.29, 0.717) is 11.1 Å². The van der Waals surface area contributed by atoms with Crippen molar-refractivity contribution in [3.63, 3.8) is 0 Å². The number of hydrogen-bond acceptors (Lipinski definition) is 9. The third-order valence-electron chi connectivity index (χ3n) is 8.80. The number of nitrogens with one attached hydrogen (secondary N) is 1. The summed E-state index contributed by atoms with van der Waals surface area (Å²) in [6.07, 6.45) is -2.80. The molecule has 2 aliphatic rings. The van der Waals surface area contributed by atoms with Gasteiger partial charge in [-0.05, 0) is 42.0 Å². The van der Waals surface area contributed by atoms with Crippen LogP contribution in [0.3, 0.4) is 0 Å². The number of ether oxygens (including phenoxy) is 6. The molecule has 0 bridgehead atoms. The zero-order valence-corrected chi connectivity index (χ0v) is 25.2. The molecule has 0 aromatic heterocycles. The van der Waals surface area contributed by atoms with Gasteiger partial charge < -0.3 is 28.4 Å². The summed E-state index contributed by atoms with van der Waals surface area (Å²) in [6, 6.07) is 17.6. The molecule has 9 heteroatoms. The summed E-state index contributed by atoms with van der Waals surface area (Å²) in [6.45, 7) is 12.0. The van der Waals surface area contributed by atoms with Gasteiger partial charge in [0.15, 0.2) is 12.2 Å². The molecule has 228 valence electrons. The van der Waals surface area contributed by atoms with E-state index in [9.17, 15) is 9.59 Å². The first-order valence-electron chi connectivity index (χ1n) is 14.7. The highest BCUT2D eigenvalue weighted by atomic mass is 16.7. The minimum absolute atomic E-state index is 0.0360. The van der Waals surface area contributed by atoms with Gasteiger partial charge in [-0.15, -0.1) is 0 Å². The van der Waals surface area contributed by atoms with Gasteiger partial charge in [0.25, 0.3) is 0 Å². The smallest absolute Gasteiger partial charge is 0.338 e. The van der Waals surface area contributed by atoms with Gasteiger partial charge in [-0.2, -0.15) is 0 Å². The van der Waals surface area contributed by atoms with Gasteiger partial charge in [0, 0.05) is 18.8 Å². The second-order valence-electron chi connectivity index (χ2n) is 11.6. The average Bonchev–Trinajstić information content (AvgIpc) is 2.99. The van der Waals surface area contributed by atoms with Gasteiger partial charge in [0.05, 0.1) is 23.3 Å². The molecule has 2 saturated heterocycles. The molecule has 2 aromatic carbocycles. The van der Waals surface area contributed by atoms with Crippen LogP contribution >= 0.6 is 0 Å². The Hall–Kier alpha value is -3.27. The van der Waals surface area contributed by atoms with Crippen molar-refractivity contribution in [3.8, 4) is 0 Å². The van der Waals surface area contributed by atoms with Crippen LogP contribution in [0.1, 0.15) is 62.3 Å². The molecule has 0 radical (unpaired) electrons. The van der Waals surface area contributed by atoms with Crippen molar-refractivity contribution in [1.29, 1.82) is 5.41 Å². The quantitative estimate of drug-likeness (QED) is 0.227. The summed E-state index contributed by atoms with van der Waals surface area (Å²) >= 11 is 0. The maximum atomic E-state index is 12.7. The zero-order valence-electron chi connectivity index (χ0n) is 25.2. The van der Waals surface area contributed by atoms with E-state index in [0.717, 1.165) is 0 Å². The van der Waals surface area contributed by atoms with Gasteiger partial charge in [-0.25, -0.2) is 9.59 Å². The van der Waals surface area contributed by atoms with Crippen LogP contribution in [0.5, 0.6) is 0 Å². The number of carbonyl (C=O) groups is 2. The number of hydrogen-bond donors (Lipinski definition) is 1. The highest BCUT2D eigenvalue weighted by molar-refractivity contribution is 5.89. The normalized spacial score (nSPS) is 32.9. The number of rotatable bonds is 9. The SMILES string of the molecule is CC(=N)OC1OC(COC(=O)c2ccccc2)C(OC2OC(COC(=O)c3ccccc3)C(C)C(C)C2C)C(C)C1C. The zero-order chi connectivity index (χ0) is 30.4. The minimum Gasteiger partial charge on any atom is -0.459 e. The van der Waals surface area contributed by atoms with Crippen LogP contribution in [-0.2, 0) is 28.4 Å². The lowest BCUT2D eigenvalue weighted by Crippen LogP contribution is -2.57. The van der Waals surface area contributed by atoms with Crippen LogP contribution in [0.25, 0.3) is 0 Å². The molecule has 9 nitrogen and oxygen atoms in total. The second kappa shape index (κ2) is 14.3. The van der Waals surface area contributed by atoms with Crippen molar-refractivity contribution in [2.75, 3.05) is 13.2 Å². The molecule has 10 unspecified atom stereocenters. The van der Waals surface area contributed by atoms with Gasteiger partial charge in [0.2, 0.25) is 6.29 Å². The van der Waals surface area contributed by atoms with E-state index in [1.165, 1.54) is 0 Å². The monoisotopic (exact) mass is 581 g/mol. The van der Waals surface area contributed by atoms with Crippen LogP contribution in [-0.4, -0.2) is 61.9 Å². The Labute approximate surface area is 248 Å². The third kappa shape index (κ3) is 7.56. The Morgan fingerprint density at radius 2 is 1.14 bits per heavy atom. The lowest BCUT2D eigenvalue weighted by atomic mass is 9.78. The van der Waals surface area contributed by atoms with Gasteiger partial charge >= 0.3 is 11.9 Å². The summed E-state index contributed by atoms with van der Waals surface area (Å²) in [5, 5.41) is 7.83. The lowest BCUT2D eigenvalue weighted by Gasteiger charge is -2.48. The predicted molar refractivity (Wildman–Crippen MR) is 156 cm³/mol. The first kappa shape index (κ1) is 31.7. The lowest BCUT2D eigenvalue weighted by molar-refractivity contribution is -0.320. The second-order valence-corrected chi connectivity index (χ2v) is 11.6. The van der Waals surface area contributed by atoms with Crippen LogP contribution in [0.4, 0.5) is 0 Å². The molecule has 2 aromatic rings. The standard InChI is InChI=1S/C33H43NO8/c1-19-20(2)27(17-37-30(35)25-13-9-7-10-14-25)40-33(22(19)4)42-29-21(3)23(5)32(39-24(6)34)41-28(29)18-38-31(36)26-15-11-8-12-16-26/h7-16,19-23,27-29,32-34H,17-18H2,1-6H3. The molecule has 42 heavy (non-hydrogen) atoms. The van der Waals surface area contributed by atoms with Crippen molar-refractivity contribution in [2.24, 2.45) is 29.6 Å². The summed E-state index contributed by atoms with van der Waals surface area (Å²) < 4.78 is 36.4. The number of esters is 2. The Bertz CT molecular complexity index is 1190. The fourth-order valence-electron chi connectivity index (χ4n) is 5.53.